The first-order valence-corrected chi connectivity index (χ1v) is 7.22. The van der Waals surface area contributed by atoms with Crippen molar-refractivity contribution in [1.29, 1.82) is 0 Å². The molecule has 1 aromatic heterocycles. The fraction of sp³-hybridized carbons (Fsp3) is 0.500. The van der Waals surface area contributed by atoms with E-state index in [1.165, 1.54) is 0 Å². The number of benzene rings is 1. The van der Waals surface area contributed by atoms with Crippen LogP contribution in [0.4, 0.5) is 0 Å². The smallest absolute Gasteiger partial charge is 0.323 e. The molecule has 1 atom stereocenters. The summed E-state index contributed by atoms with van der Waals surface area (Å²) in [6, 6.07) is 7.86. The molecule has 2 aromatic rings. The lowest BCUT2D eigenvalue weighted by molar-refractivity contribution is -0.151. The second kappa shape index (κ2) is 5.48. The van der Waals surface area contributed by atoms with Crippen LogP contribution in [0, 0.1) is 0 Å². The minimum Gasteiger partial charge on any atom is -0.480 e. The van der Waals surface area contributed by atoms with Crippen molar-refractivity contribution in [3.63, 3.8) is 0 Å². The minimum absolute atomic E-state index is 0.0847. The molecule has 0 aliphatic carbocycles. The van der Waals surface area contributed by atoms with Gasteiger partial charge in [-0.3, -0.25) is 9.69 Å². The number of carboxylic acids is 1. The maximum absolute atomic E-state index is 11.5. The summed E-state index contributed by atoms with van der Waals surface area (Å²) in [6.07, 6.45) is 0. The molecule has 21 heavy (non-hydrogen) atoms. The molecule has 1 aromatic carbocycles. The molecule has 1 N–H and O–H groups in total. The largest absolute Gasteiger partial charge is 0.480 e. The molecule has 0 amide bonds. The van der Waals surface area contributed by atoms with Crippen LogP contribution >= 0.6 is 0 Å². The molecule has 0 saturated heterocycles. The second-order valence-corrected chi connectivity index (χ2v) is 5.84. The molecule has 1 unspecified atom stereocenters. The summed E-state index contributed by atoms with van der Waals surface area (Å²) in [4.78, 5) is 18.2. The number of aryl methyl sites for hydroxylation is 1. The maximum Gasteiger partial charge on any atom is 0.323 e. The highest BCUT2D eigenvalue weighted by Gasteiger charge is 2.38. The van der Waals surface area contributed by atoms with Crippen LogP contribution in [0.3, 0.4) is 0 Å². The average molecular weight is 289 g/mol. The van der Waals surface area contributed by atoms with Gasteiger partial charge < -0.3 is 9.67 Å². The highest BCUT2D eigenvalue weighted by atomic mass is 16.4. The normalized spacial score (nSPS) is 13.8. The summed E-state index contributed by atoms with van der Waals surface area (Å²) in [5, 5.41) is 9.48. The Labute approximate surface area is 125 Å². The van der Waals surface area contributed by atoms with Crippen LogP contribution in [-0.2, 0) is 11.8 Å². The fourth-order valence-electron chi connectivity index (χ4n) is 2.95. The number of carboxylic acid groups (broad SMARTS) is 1. The summed E-state index contributed by atoms with van der Waals surface area (Å²) in [5.41, 5.74) is 1.06. The van der Waals surface area contributed by atoms with Crippen LogP contribution in [0.2, 0.25) is 0 Å². The van der Waals surface area contributed by atoms with Gasteiger partial charge in [0.1, 0.15) is 11.4 Å². The van der Waals surface area contributed by atoms with Gasteiger partial charge in [-0.25, -0.2) is 4.98 Å². The first-order valence-electron chi connectivity index (χ1n) is 7.22. The van der Waals surface area contributed by atoms with Crippen molar-refractivity contribution in [1.82, 2.24) is 14.5 Å². The fourth-order valence-corrected chi connectivity index (χ4v) is 2.95. The summed E-state index contributed by atoms with van der Waals surface area (Å²) in [5.74, 6) is 0.0577. The molecule has 0 radical (unpaired) electrons. The second-order valence-electron chi connectivity index (χ2n) is 5.84. The van der Waals surface area contributed by atoms with Crippen LogP contribution in [0.1, 0.15) is 39.6 Å². The first-order chi connectivity index (χ1) is 9.80. The Balaban J connectivity index is 2.47. The van der Waals surface area contributed by atoms with Crippen molar-refractivity contribution < 1.29 is 9.90 Å². The molecule has 0 fully saturated rings. The van der Waals surface area contributed by atoms with Gasteiger partial charge in [-0.15, -0.1) is 0 Å². The van der Waals surface area contributed by atoms with E-state index in [0.29, 0.717) is 6.54 Å². The van der Waals surface area contributed by atoms with Gasteiger partial charge in [0.25, 0.3) is 0 Å². The zero-order chi connectivity index (χ0) is 15.8. The third-order valence-corrected chi connectivity index (χ3v) is 4.25. The zero-order valence-electron chi connectivity index (χ0n) is 13.3. The Hall–Kier alpha value is -1.88. The van der Waals surface area contributed by atoms with Gasteiger partial charge in [0.2, 0.25) is 0 Å². The number of fused-ring (bicyclic) bond motifs is 1. The number of likely N-dealkylation sites (N-methyl/N-ethyl adjacent to an activating group) is 1. The molecule has 5 nitrogen and oxygen atoms in total. The van der Waals surface area contributed by atoms with Gasteiger partial charge in [0.15, 0.2) is 0 Å². The molecule has 0 spiro atoms. The number of hydrogen-bond acceptors (Lipinski definition) is 3. The Morgan fingerprint density at radius 1 is 1.43 bits per heavy atom. The number of rotatable bonds is 5. The van der Waals surface area contributed by atoms with Crippen LogP contribution in [0.15, 0.2) is 24.3 Å². The zero-order valence-corrected chi connectivity index (χ0v) is 13.3. The van der Waals surface area contributed by atoms with E-state index in [-0.39, 0.29) is 6.04 Å². The molecule has 2 rings (SSSR count). The summed E-state index contributed by atoms with van der Waals surface area (Å²) in [6.45, 7) is 8.10. The van der Waals surface area contributed by atoms with E-state index < -0.39 is 11.5 Å². The Morgan fingerprint density at radius 3 is 2.57 bits per heavy atom. The molecule has 0 aliphatic rings. The van der Waals surface area contributed by atoms with E-state index in [0.717, 1.165) is 16.9 Å². The van der Waals surface area contributed by atoms with E-state index in [1.807, 2.05) is 54.6 Å². The summed E-state index contributed by atoms with van der Waals surface area (Å²) in [7, 11) is 1.97. The van der Waals surface area contributed by atoms with Crippen LogP contribution in [-0.4, -0.2) is 37.6 Å². The molecular formula is C16H23N3O2. The number of aliphatic carboxylic acids is 1. The quantitative estimate of drug-likeness (QED) is 0.919. The standard InChI is InChI=1S/C16H23N3O2/c1-6-19(16(3,4)15(20)21)11(2)14-17-12-9-7-8-10-13(12)18(14)5/h7-11H,6H2,1-5H3,(H,20,21). The Bertz CT molecular complexity index is 661. The van der Waals surface area contributed by atoms with Crippen molar-refractivity contribution in [2.45, 2.75) is 39.3 Å². The molecule has 0 saturated carbocycles. The third-order valence-electron chi connectivity index (χ3n) is 4.25. The summed E-state index contributed by atoms with van der Waals surface area (Å²) < 4.78 is 2.04. The van der Waals surface area contributed by atoms with E-state index in [4.69, 9.17) is 0 Å². The predicted molar refractivity (Wildman–Crippen MR) is 83.2 cm³/mol. The van der Waals surface area contributed by atoms with E-state index in [2.05, 4.69) is 4.98 Å². The van der Waals surface area contributed by atoms with Crippen molar-refractivity contribution in [3.8, 4) is 0 Å². The molecule has 1 heterocycles. The highest BCUT2D eigenvalue weighted by molar-refractivity contribution is 5.78. The number of aromatic nitrogens is 2. The van der Waals surface area contributed by atoms with Crippen LogP contribution in [0.5, 0.6) is 0 Å². The lowest BCUT2D eigenvalue weighted by Gasteiger charge is -2.38. The van der Waals surface area contributed by atoms with E-state index >= 15 is 0 Å². The number of para-hydroxylation sites is 2. The lowest BCUT2D eigenvalue weighted by atomic mass is 10.0. The van der Waals surface area contributed by atoms with Gasteiger partial charge in [0, 0.05) is 7.05 Å². The maximum atomic E-state index is 11.5. The lowest BCUT2D eigenvalue weighted by Crippen LogP contribution is -2.51. The van der Waals surface area contributed by atoms with Crippen LogP contribution < -0.4 is 0 Å². The van der Waals surface area contributed by atoms with Crippen LogP contribution in [0.25, 0.3) is 11.0 Å². The average Bonchev–Trinajstić information content (AvgIpc) is 2.77. The van der Waals surface area contributed by atoms with Crippen molar-refractivity contribution in [2.75, 3.05) is 6.54 Å². The van der Waals surface area contributed by atoms with E-state index in [9.17, 15) is 9.90 Å². The SMILES string of the molecule is CCN(C(C)c1nc2ccccc2n1C)C(C)(C)C(=O)O. The monoisotopic (exact) mass is 289 g/mol. The van der Waals surface area contributed by atoms with Crippen molar-refractivity contribution >= 4 is 17.0 Å². The topological polar surface area (TPSA) is 58.4 Å². The van der Waals surface area contributed by atoms with Crippen molar-refractivity contribution in [3.05, 3.63) is 30.1 Å². The molecular weight excluding hydrogens is 266 g/mol. The summed E-state index contributed by atoms with van der Waals surface area (Å²) >= 11 is 0. The van der Waals surface area contributed by atoms with Crippen molar-refractivity contribution in [2.24, 2.45) is 7.05 Å². The predicted octanol–water partition coefficient (Wildman–Crippen LogP) is 2.82. The van der Waals surface area contributed by atoms with Gasteiger partial charge in [-0.1, -0.05) is 19.1 Å². The van der Waals surface area contributed by atoms with Gasteiger partial charge in [-0.2, -0.15) is 0 Å². The van der Waals surface area contributed by atoms with E-state index in [1.54, 1.807) is 13.8 Å². The minimum atomic E-state index is -0.938. The third kappa shape index (κ3) is 2.53. The highest BCUT2D eigenvalue weighted by Crippen LogP contribution is 2.29. The Morgan fingerprint density at radius 2 is 2.05 bits per heavy atom. The number of hydrogen-bond donors (Lipinski definition) is 1. The first kappa shape index (κ1) is 15.5. The van der Waals surface area contributed by atoms with Gasteiger partial charge >= 0.3 is 5.97 Å². The van der Waals surface area contributed by atoms with Gasteiger partial charge in [-0.05, 0) is 39.4 Å². The Kier molecular flexibility index (Phi) is 4.05. The number of carbonyl (C=O) groups is 1. The number of imidazole rings is 1. The molecule has 0 aliphatic heterocycles. The van der Waals surface area contributed by atoms with Gasteiger partial charge in [0.05, 0.1) is 17.1 Å². The molecule has 0 bridgehead atoms. The number of nitrogens with zero attached hydrogens (tertiary/aromatic N) is 3. The molecule has 114 valence electrons. The molecule has 5 heteroatoms.